The molecule has 17 heavy (non-hydrogen) atoms. The molecule has 0 aliphatic carbocycles. The minimum Gasteiger partial charge on any atom is -0.397 e. The summed E-state index contributed by atoms with van der Waals surface area (Å²) in [7, 11) is 0. The summed E-state index contributed by atoms with van der Waals surface area (Å²) in [6, 6.07) is 14.7. The van der Waals surface area contributed by atoms with Crippen LogP contribution >= 0.6 is 34.4 Å². The standard InChI is InChI=1S/C14H14INS/c1-10-7-12(15)14(16)13(8-10)17-9-11-5-3-2-4-6-11/h2-8H,9,16H2,1H3. The van der Waals surface area contributed by atoms with E-state index in [0.29, 0.717) is 0 Å². The predicted molar refractivity (Wildman–Crippen MR) is 84.3 cm³/mol. The van der Waals surface area contributed by atoms with Gasteiger partial charge in [-0.25, -0.2) is 0 Å². The molecular formula is C14H14INS. The first-order chi connectivity index (χ1) is 8.16. The van der Waals surface area contributed by atoms with Crippen LogP contribution in [0.1, 0.15) is 11.1 Å². The summed E-state index contributed by atoms with van der Waals surface area (Å²) >= 11 is 4.09. The van der Waals surface area contributed by atoms with Crippen molar-refractivity contribution in [3.63, 3.8) is 0 Å². The van der Waals surface area contributed by atoms with Crippen LogP contribution in [0.3, 0.4) is 0 Å². The second-order valence-electron chi connectivity index (χ2n) is 3.93. The van der Waals surface area contributed by atoms with E-state index in [1.807, 2.05) is 6.07 Å². The monoisotopic (exact) mass is 355 g/mol. The number of nitrogen functional groups attached to an aromatic ring is 1. The minimum absolute atomic E-state index is 0.900. The van der Waals surface area contributed by atoms with E-state index in [2.05, 4.69) is 65.9 Å². The quantitative estimate of drug-likeness (QED) is 0.499. The van der Waals surface area contributed by atoms with Gasteiger partial charge in [0.05, 0.1) is 5.69 Å². The van der Waals surface area contributed by atoms with E-state index < -0.39 is 0 Å². The molecule has 1 nitrogen and oxygen atoms in total. The Morgan fingerprint density at radius 2 is 1.88 bits per heavy atom. The van der Waals surface area contributed by atoms with Gasteiger partial charge in [-0.1, -0.05) is 30.3 Å². The highest BCUT2D eigenvalue weighted by atomic mass is 127. The van der Waals surface area contributed by atoms with E-state index in [1.54, 1.807) is 11.8 Å². The summed E-state index contributed by atoms with van der Waals surface area (Å²) < 4.78 is 1.14. The minimum atomic E-state index is 0.900. The number of rotatable bonds is 3. The summed E-state index contributed by atoms with van der Waals surface area (Å²) in [5.74, 6) is 0.963. The van der Waals surface area contributed by atoms with Gasteiger partial charge in [-0.05, 0) is 52.8 Å². The second-order valence-corrected chi connectivity index (χ2v) is 6.11. The molecule has 0 aromatic heterocycles. The van der Waals surface area contributed by atoms with Crippen LogP contribution in [0.4, 0.5) is 5.69 Å². The molecular weight excluding hydrogens is 341 g/mol. The van der Waals surface area contributed by atoms with Gasteiger partial charge in [0.1, 0.15) is 0 Å². The van der Waals surface area contributed by atoms with Crippen LogP contribution in [-0.2, 0) is 5.75 Å². The zero-order valence-electron chi connectivity index (χ0n) is 9.61. The Morgan fingerprint density at radius 3 is 2.59 bits per heavy atom. The molecule has 0 radical (unpaired) electrons. The lowest BCUT2D eigenvalue weighted by atomic mass is 10.2. The highest BCUT2D eigenvalue weighted by Crippen LogP contribution is 2.32. The fourth-order valence-electron chi connectivity index (χ4n) is 1.58. The highest BCUT2D eigenvalue weighted by molar-refractivity contribution is 14.1. The van der Waals surface area contributed by atoms with Crippen LogP contribution in [0.5, 0.6) is 0 Å². The first kappa shape index (κ1) is 12.8. The lowest BCUT2D eigenvalue weighted by Crippen LogP contribution is -1.94. The predicted octanol–water partition coefficient (Wildman–Crippen LogP) is 4.47. The second kappa shape index (κ2) is 5.78. The molecule has 0 spiro atoms. The molecule has 0 saturated heterocycles. The first-order valence-electron chi connectivity index (χ1n) is 5.39. The molecule has 0 aliphatic heterocycles. The fourth-order valence-corrected chi connectivity index (χ4v) is 3.59. The Labute approximate surface area is 120 Å². The molecule has 88 valence electrons. The van der Waals surface area contributed by atoms with Gasteiger partial charge in [-0.15, -0.1) is 11.8 Å². The van der Waals surface area contributed by atoms with Crippen LogP contribution in [0.25, 0.3) is 0 Å². The van der Waals surface area contributed by atoms with Crippen molar-refractivity contribution in [1.29, 1.82) is 0 Å². The van der Waals surface area contributed by atoms with Crippen LogP contribution in [0, 0.1) is 10.5 Å². The topological polar surface area (TPSA) is 26.0 Å². The van der Waals surface area contributed by atoms with Gasteiger partial charge in [0, 0.05) is 14.2 Å². The van der Waals surface area contributed by atoms with Gasteiger partial charge in [-0.3, -0.25) is 0 Å². The molecule has 2 N–H and O–H groups in total. The SMILES string of the molecule is Cc1cc(I)c(N)c(SCc2ccccc2)c1. The smallest absolute Gasteiger partial charge is 0.0588 e. The molecule has 2 aromatic rings. The third kappa shape index (κ3) is 3.39. The van der Waals surface area contributed by atoms with Gasteiger partial charge in [-0.2, -0.15) is 0 Å². The van der Waals surface area contributed by atoms with Crippen LogP contribution in [-0.4, -0.2) is 0 Å². The average molecular weight is 355 g/mol. The van der Waals surface area contributed by atoms with Crippen molar-refractivity contribution < 1.29 is 0 Å². The molecule has 0 aliphatic rings. The highest BCUT2D eigenvalue weighted by Gasteiger charge is 2.05. The molecule has 0 unspecified atom stereocenters. The average Bonchev–Trinajstić information content (AvgIpc) is 2.33. The Balaban J connectivity index is 2.14. The molecule has 0 atom stereocenters. The normalized spacial score (nSPS) is 10.5. The molecule has 0 fully saturated rings. The zero-order valence-corrected chi connectivity index (χ0v) is 12.6. The Kier molecular flexibility index (Phi) is 4.34. The maximum absolute atomic E-state index is 6.09. The molecule has 0 amide bonds. The lowest BCUT2D eigenvalue weighted by molar-refractivity contribution is 1.33. The molecule has 0 saturated carbocycles. The number of nitrogens with two attached hydrogens (primary N) is 1. The van der Waals surface area contributed by atoms with E-state index in [-0.39, 0.29) is 0 Å². The maximum Gasteiger partial charge on any atom is 0.0588 e. The van der Waals surface area contributed by atoms with E-state index in [0.717, 1.165) is 15.0 Å². The number of aryl methyl sites for hydroxylation is 1. The molecule has 2 rings (SSSR count). The number of hydrogen-bond acceptors (Lipinski definition) is 2. The molecule has 0 bridgehead atoms. The fraction of sp³-hybridized carbons (Fsp3) is 0.143. The van der Waals surface area contributed by atoms with Crippen molar-refractivity contribution in [3.8, 4) is 0 Å². The molecule has 3 heteroatoms. The number of halogens is 1. The van der Waals surface area contributed by atoms with Gasteiger partial charge in [0.15, 0.2) is 0 Å². The number of benzene rings is 2. The van der Waals surface area contributed by atoms with E-state index >= 15 is 0 Å². The molecule has 2 aromatic carbocycles. The van der Waals surface area contributed by atoms with Gasteiger partial charge in [0.2, 0.25) is 0 Å². The van der Waals surface area contributed by atoms with E-state index in [1.165, 1.54) is 16.0 Å². The summed E-state index contributed by atoms with van der Waals surface area (Å²) in [6.45, 7) is 2.11. The summed E-state index contributed by atoms with van der Waals surface area (Å²) in [5.41, 5.74) is 9.58. The van der Waals surface area contributed by atoms with Crippen molar-refractivity contribution in [2.24, 2.45) is 0 Å². The Morgan fingerprint density at radius 1 is 1.18 bits per heavy atom. The zero-order chi connectivity index (χ0) is 12.3. The third-order valence-corrected chi connectivity index (χ3v) is 4.49. The van der Waals surface area contributed by atoms with Crippen LogP contribution < -0.4 is 5.73 Å². The van der Waals surface area contributed by atoms with Crippen molar-refractivity contribution >= 4 is 40.0 Å². The largest absolute Gasteiger partial charge is 0.397 e. The number of thioether (sulfide) groups is 1. The van der Waals surface area contributed by atoms with Crippen LogP contribution in [0.2, 0.25) is 0 Å². The van der Waals surface area contributed by atoms with E-state index in [4.69, 9.17) is 5.73 Å². The first-order valence-corrected chi connectivity index (χ1v) is 7.45. The van der Waals surface area contributed by atoms with Gasteiger partial charge >= 0.3 is 0 Å². The maximum atomic E-state index is 6.09. The number of anilines is 1. The van der Waals surface area contributed by atoms with E-state index in [9.17, 15) is 0 Å². The molecule has 0 heterocycles. The van der Waals surface area contributed by atoms with Crippen molar-refractivity contribution in [2.75, 3.05) is 5.73 Å². The summed E-state index contributed by atoms with van der Waals surface area (Å²) in [5, 5.41) is 0. The lowest BCUT2D eigenvalue weighted by Gasteiger charge is -2.09. The van der Waals surface area contributed by atoms with Crippen molar-refractivity contribution in [3.05, 3.63) is 57.2 Å². The van der Waals surface area contributed by atoms with Crippen molar-refractivity contribution in [2.45, 2.75) is 17.6 Å². The van der Waals surface area contributed by atoms with Crippen molar-refractivity contribution in [1.82, 2.24) is 0 Å². The van der Waals surface area contributed by atoms with Gasteiger partial charge in [0.25, 0.3) is 0 Å². The summed E-state index contributed by atoms with van der Waals surface area (Å²) in [6.07, 6.45) is 0. The Bertz CT molecular complexity index is 511. The number of hydrogen-bond donors (Lipinski definition) is 1. The Hall–Kier alpha value is -0.680. The van der Waals surface area contributed by atoms with Crippen LogP contribution in [0.15, 0.2) is 47.4 Å². The van der Waals surface area contributed by atoms with Gasteiger partial charge < -0.3 is 5.73 Å². The summed E-state index contributed by atoms with van der Waals surface area (Å²) in [4.78, 5) is 1.18. The third-order valence-electron chi connectivity index (χ3n) is 2.47.